The van der Waals surface area contributed by atoms with Crippen molar-refractivity contribution in [1.82, 2.24) is 0 Å². The Balaban J connectivity index is 2.23. The largest absolute Gasteiger partial charge is 0.489 e. The molecule has 1 heterocycles. The number of ketones is 1. The number of cyclic esters (lactones) is 1. The number of hydrogen-bond donors (Lipinski definition) is 0. The van der Waals surface area contributed by atoms with E-state index in [9.17, 15) is 9.59 Å². The average molecular weight is 246 g/mol. The zero-order chi connectivity index (χ0) is 13.0. The molecule has 0 aliphatic carbocycles. The number of esters is 1. The van der Waals surface area contributed by atoms with Crippen molar-refractivity contribution in [3.05, 3.63) is 42.5 Å². The SMILES string of the molecule is C=CCOc1ccccc1C1CC(=O)CC(=O)O1. The summed E-state index contributed by atoms with van der Waals surface area (Å²) in [6.45, 7) is 3.94. The Hall–Kier alpha value is -2.10. The van der Waals surface area contributed by atoms with Crippen molar-refractivity contribution >= 4 is 11.8 Å². The van der Waals surface area contributed by atoms with Gasteiger partial charge in [-0.05, 0) is 6.07 Å². The Morgan fingerprint density at radius 2 is 2.17 bits per heavy atom. The summed E-state index contributed by atoms with van der Waals surface area (Å²) in [5.41, 5.74) is 0.723. The maximum atomic E-state index is 11.4. The third kappa shape index (κ3) is 2.77. The molecule has 94 valence electrons. The first-order chi connectivity index (χ1) is 8.70. The van der Waals surface area contributed by atoms with Gasteiger partial charge in [0.15, 0.2) is 0 Å². The van der Waals surface area contributed by atoms with Crippen LogP contribution in [0.2, 0.25) is 0 Å². The minimum absolute atomic E-state index is 0.102. The van der Waals surface area contributed by atoms with Crippen LogP contribution in [0, 0.1) is 0 Å². The number of Topliss-reactive ketones (excluding diaryl/α,β-unsaturated/α-hetero) is 1. The lowest BCUT2D eigenvalue weighted by Gasteiger charge is -2.23. The van der Waals surface area contributed by atoms with Crippen LogP contribution in [-0.4, -0.2) is 18.4 Å². The van der Waals surface area contributed by atoms with Crippen LogP contribution in [0.15, 0.2) is 36.9 Å². The Labute approximate surface area is 105 Å². The molecule has 1 unspecified atom stereocenters. The van der Waals surface area contributed by atoms with Crippen LogP contribution in [0.5, 0.6) is 5.75 Å². The molecule has 2 rings (SSSR count). The molecule has 0 saturated carbocycles. The molecule has 0 N–H and O–H groups in total. The molecule has 1 aliphatic rings. The molecule has 4 nitrogen and oxygen atoms in total. The second-order valence-electron chi connectivity index (χ2n) is 4.04. The van der Waals surface area contributed by atoms with Gasteiger partial charge in [0.1, 0.15) is 30.7 Å². The first kappa shape index (κ1) is 12.4. The summed E-state index contributed by atoms with van der Waals surface area (Å²) in [5.74, 6) is 0.0365. The zero-order valence-corrected chi connectivity index (χ0v) is 9.93. The van der Waals surface area contributed by atoms with Crippen molar-refractivity contribution in [2.24, 2.45) is 0 Å². The summed E-state index contributed by atoms with van der Waals surface area (Å²) < 4.78 is 10.7. The van der Waals surface area contributed by atoms with Crippen LogP contribution >= 0.6 is 0 Å². The summed E-state index contributed by atoms with van der Waals surface area (Å²) in [5, 5.41) is 0. The molecule has 0 radical (unpaired) electrons. The highest BCUT2D eigenvalue weighted by Gasteiger charge is 2.29. The normalized spacial score (nSPS) is 19.2. The van der Waals surface area contributed by atoms with Crippen molar-refractivity contribution in [2.75, 3.05) is 6.61 Å². The summed E-state index contributed by atoms with van der Waals surface area (Å²) in [4.78, 5) is 22.7. The highest BCUT2D eigenvalue weighted by molar-refractivity contribution is 5.97. The number of hydrogen-bond acceptors (Lipinski definition) is 4. The van der Waals surface area contributed by atoms with Gasteiger partial charge in [-0.1, -0.05) is 30.9 Å². The predicted octanol–water partition coefficient (Wildman–Crippen LogP) is 2.20. The van der Waals surface area contributed by atoms with Gasteiger partial charge in [-0.15, -0.1) is 0 Å². The predicted molar refractivity (Wildman–Crippen MR) is 65.2 cm³/mol. The number of benzene rings is 1. The standard InChI is InChI=1S/C14H14O4/c1-2-7-17-12-6-4-3-5-11(12)13-8-10(15)9-14(16)18-13/h2-6,13H,1,7-9H2. The second kappa shape index (κ2) is 5.49. The summed E-state index contributed by atoms with van der Waals surface area (Å²) in [6.07, 6.45) is 1.17. The molecular formula is C14H14O4. The van der Waals surface area contributed by atoms with Crippen molar-refractivity contribution < 1.29 is 19.1 Å². The van der Waals surface area contributed by atoms with Crippen LogP contribution in [0.25, 0.3) is 0 Å². The van der Waals surface area contributed by atoms with E-state index in [2.05, 4.69) is 6.58 Å². The van der Waals surface area contributed by atoms with E-state index in [1.54, 1.807) is 18.2 Å². The van der Waals surface area contributed by atoms with E-state index in [-0.39, 0.29) is 18.6 Å². The molecule has 1 atom stereocenters. The summed E-state index contributed by atoms with van der Waals surface area (Å²) in [7, 11) is 0. The number of carbonyl (C=O) groups excluding carboxylic acids is 2. The molecule has 0 amide bonds. The van der Waals surface area contributed by atoms with Gasteiger partial charge in [-0.25, -0.2) is 0 Å². The maximum Gasteiger partial charge on any atom is 0.313 e. The Morgan fingerprint density at radius 3 is 2.89 bits per heavy atom. The van der Waals surface area contributed by atoms with Crippen molar-refractivity contribution in [3.8, 4) is 5.75 Å². The molecule has 4 heteroatoms. The number of ether oxygens (including phenoxy) is 2. The molecule has 1 fully saturated rings. The van der Waals surface area contributed by atoms with E-state index in [1.165, 1.54) is 0 Å². The van der Waals surface area contributed by atoms with E-state index in [1.807, 2.05) is 12.1 Å². The molecule has 0 aromatic heterocycles. The Bertz CT molecular complexity index is 462. The van der Waals surface area contributed by atoms with Crippen LogP contribution in [0.1, 0.15) is 24.5 Å². The van der Waals surface area contributed by atoms with E-state index in [0.717, 1.165) is 5.56 Å². The monoisotopic (exact) mass is 246 g/mol. The molecule has 0 spiro atoms. The van der Waals surface area contributed by atoms with E-state index in [4.69, 9.17) is 9.47 Å². The average Bonchev–Trinajstić information content (AvgIpc) is 2.35. The first-order valence-corrected chi connectivity index (χ1v) is 5.74. The van der Waals surface area contributed by atoms with Crippen LogP contribution in [0.4, 0.5) is 0 Å². The van der Waals surface area contributed by atoms with E-state index < -0.39 is 12.1 Å². The van der Waals surface area contributed by atoms with Gasteiger partial charge in [0, 0.05) is 12.0 Å². The topological polar surface area (TPSA) is 52.6 Å². The fraction of sp³-hybridized carbons (Fsp3) is 0.286. The lowest BCUT2D eigenvalue weighted by molar-refractivity contribution is -0.158. The van der Waals surface area contributed by atoms with Gasteiger partial charge < -0.3 is 9.47 Å². The smallest absolute Gasteiger partial charge is 0.313 e. The summed E-state index contributed by atoms with van der Waals surface area (Å²) in [6, 6.07) is 7.23. The molecule has 1 saturated heterocycles. The zero-order valence-electron chi connectivity index (χ0n) is 9.93. The fourth-order valence-electron chi connectivity index (χ4n) is 1.88. The molecule has 18 heavy (non-hydrogen) atoms. The minimum atomic E-state index is -0.542. The van der Waals surface area contributed by atoms with Gasteiger partial charge >= 0.3 is 5.97 Å². The van der Waals surface area contributed by atoms with Gasteiger partial charge in [0.2, 0.25) is 0 Å². The number of rotatable bonds is 4. The van der Waals surface area contributed by atoms with E-state index >= 15 is 0 Å². The molecular weight excluding hydrogens is 232 g/mol. The molecule has 1 aliphatic heterocycles. The van der Waals surface area contributed by atoms with Gasteiger partial charge in [-0.2, -0.15) is 0 Å². The highest BCUT2D eigenvalue weighted by Crippen LogP contribution is 2.33. The lowest BCUT2D eigenvalue weighted by Crippen LogP contribution is -2.24. The van der Waals surface area contributed by atoms with Gasteiger partial charge in [0.05, 0.1) is 0 Å². The molecule has 1 aromatic carbocycles. The summed E-state index contributed by atoms with van der Waals surface area (Å²) >= 11 is 0. The van der Waals surface area contributed by atoms with E-state index in [0.29, 0.717) is 12.4 Å². The lowest BCUT2D eigenvalue weighted by atomic mass is 9.99. The molecule has 1 aromatic rings. The van der Waals surface area contributed by atoms with Crippen molar-refractivity contribution in [2.45, 2.75) is 18.9 Å². The quantitative estimate of drug-likeness (QED) is 0.464. The maximum absolute atomic E-state index is 11.4. The van der Waals surface area contributed by atoms with Crippen molar-refractivity contribution in [1.29, 1.82) is 0 Å². The third-order valence-corrected chi connectivity index (χ3v) is 2.65. The number of para-hydroxylation sites is 1. The first-order valence-electron chi connectivity index (χ1n) is 5.74. The van der Waals surface area contributed by atoms with Crippen molar-refractivity contribution in [3.63, 3.8) is 0 Å². The fourth-order valence-corrected chi connectivity index (χ4v) is 1.88. The Kier molecular flexibility index (Phi) is 3.77. The minimum Gasteiger partial charge on any atom is -0.489 e. The number of carbonyl (C=O) groups is 2. The van der Waals surface area contributed by atoms with Crippen LogP contribution in [-0.2, 0) is 14.3 Å². The highest BCUT2D eigenvalue weighted by atomic mass is 16.5. The van der Waals surface area contributed by atoms with Crippen LogP contribution in [0.3, 0.4) is 0 Å². The van der Waals surface area contributed by atoms with Gasteiger partial charge in [-0.3, -0.25) is 9.59 Å². The molecule has 0 bridgehead atoms. The van der Waals surface area contributed by atoms with Crippen LogP contribution < -0.4 is 4.74 Å². The Morgan fingerprint density at radius 1 is 1.39 bits per heavy atom. The third-order valence-electron chi connectivity index (χ3n) is 2.65. The second-order valence-corrected chi connectivity index (χ2v) is 4.04. The van der Waals surface area contributed by atoms with Gasteiger partial charge in [0.25, 0.3) is 0 Å².